The van der Waals surface area contributed by atoms with E-state index in [0.29, 0.717) is 6.04 Å². The molecule has 3 rings (SSSR count). The number of nitrogens with zero attached hydrogens (tertiary/aromatic N) is 3. The van der Waals surface area contributed by atoms with Crippen molar-refractivity contribution in [1.29, 1.82) is 0 Å². The highest BCUT2D eigenvalue weighted by atomic mass is 15.3. The minimum atomic E-state index is 0.484. The van der Waals surface area contributed by atoms with Crippen LogP contribution >= 0.6 is 0 Å². The highest BCUT2D eigenvalue weighted by Gasteiger charge is 2.17. The highest BCUT2D eigenvalue weighted by Crippen LogP contribution is 2.28. The third-order valence-corrected chi connectivity index (χ3v) is 4.01. The van der Waals surface area contributed by atoms with E-state index in [-0.39, 0.29) is 0 Å². The lowest BCUT2D eigenvalue weighted by atomic mass is 9.99. The van der Waals surface area contributed by atoms with E-state index in [1.54, 1.807) is 11.0 Å². The van der Waals surface area contributed by atoms with Gasteiger partial charge in [0.25, 0.3) is 0 Å². The lowest BCUT2D eigenvalue weighted by Crippen LogP contribution is -2.24. The minimum Gasteiger partial charge on any atom is -0.309 e. The summed E-state index contributed by atoms with van der Waals surface area (Å²) in [6.07, 6.45) is 7.70. The predicted octanol–water partition coefficient (Wildman–Crippen LogP) is 2.41. The average Bonchev–Trinajstić information content (AvgIpc) is 2.76. The van der Waals surface area contributed by atoms with E-state index in [9.17, 15) is 0 Å². The first-order valence-corrected chi connectivity index (χ1v) is 7.48. The molecule has 20 heavy (non-hydrogen) atoms. The van der Waals surface area contributed by atoms with Crippen LogP contribution < -0.4 is 5.32 Å². The Morgan fingerprint density at radius 3 is 3.05 bits per heavy atom. The maximum absolute atomic E-state index is 4.32. The quantitative estimate of drug-likeness (QED) is 0.868. The molecule has 1 heterocycles. The van der Waals surface area contributed by atoms with Gasteiger partial charge in [0.15, 0.2) is 5.82 Å². The fourth-order valence-corrected chi connectivity index (χ4v) is 2.99. The topological polar surface area (TPSA) is 42.7 Å². The Morgan fingerprint density at radius 2 is 2.20 bits per heavy atom. The van der Waals surface area contributed by atoms with Crippen LogP contribution in [-0.4, -0.2) is 21.3 Å². The molecule has 0 radical (unpaired) electrons. The zero-order valence-corrected chi connectivity index (χ0v) is 12.0. The van der Waals surface area contributed by atoms with Gasteiger partial charge in [-0.25, -0.2) is 4.98 Å². The van der Waals surface area contributed by atoms with Gasteiger partial charge in [0.05, 0.1) is 0 Å². The number of benzene rings is 1. The Morgan fingerprint density at radius 1 is 1.30 bits per heavy atom. The first-order valence-electron chi connectivity index (χ1n) is 7.48. The van der Waals surface area contributed by atoms with Crippen molar-refractivity contribution in [1.82, 2.24) is 20.1 Å². The van der Waals surface area contributed by atoms with Gasteiger partial charge in [-0.1, -0.05) is 30.7 Å². The summed E-state index contributed by atoms with van der Waals surface area (Å²) in [7, 11) is 1.91. The second kappa shape index (κ2) is 6.18. The van der Waals surface area contributed by atoms with Crippen LogP contribution in [0.25, 0.3) is 0 Å². The predicted molar refractivity (Wildman–Crippen MR) is 79.4 cm³/mol. The molecule has 0 fully saturated rings. The number of fused-ring (bicyclic) bond motifs is 1. The van der Waals surface area contributed by atoms with Crippen LogP contribution in [0.4, 0.5) is 0 Å². The molecule has 1 aromatic carbocycles. The van der Waals surface area contributed by atoms with Gasteiger partial charge in [-0.2, -0.15) is 5.10 Å². The number of nitrogens with one attached hydrogen (secondary N) is 1. The summed E-state index contributed by atoms with van der Waals surface area (Å²) >= 11 is 0. The van der Waals surface area contributed by atoms with Crippen molar-refractivity contribution in [3.63, 3.8) is 0 Å². The van der Waals surface area contributed by atoms with Crippen molar-refractivity contribution in [2.75, 3.05) is 6.54 Å². The van der Waals surface area contributed by atoms with Crippen molar-refractivity contribution >= 4 is 0 Å². The van der Waals surface area contributed by atoms with Crippen molar-refractivity contribution in [3.05, 3.63) is 47.5 Å². The van der Waals surface area contributed by atoms with E-state index in [2.05, 4.69) is 39.7 Å². The molecule has 2 aromatic rings. The Balaban J connectivity index is 1.62. The third-order valence-electron chi connectivity index (χ3n) is 4.01. The fraction of sp³-hybridized carbons (Fsp3) is 0.500. The summed E-state index contributed by atoms with van der Waals surface area (Å²) in [5.41, 5.74) is 3.00. The minimum absolute atomic E-state index is 0.484. The molecule has 0 amide bonds. The van der Waals surface area contributed by atoms with Crippen molar-refractivity contribution < 1.29 is 0 Å². The van der Waals surface area contributed by atoms with Gasteiger partial charge in [0.1, 0.15) is 6.33 Å². The number of hydrogen-bond donors (Lipinski definition) is 1. The fourth-order valence-electron chi connectivity index (χ4n) is 2.99. The van der Waals surface area contributed by atoms with E-state index in [1.165, 1.54) is 36.8 Å². The molecule has 1 N–H and O–H groups in total. The van der Waals surface area contributed by atoms with Gasteiger partial charge in [0.2, 0.25) is 0 Å². The Bertz CT molecular complexity index is 561. The summed E-state index contributed by atoms with van der Waals surface area (Å²) in [5, 5.41) is 8.01. The Kier molecular flexibility index (Phi) is 4.11. The van der Waals surface area contributed by atoms with E-state index in [4.69, 9.17) is 0 Å². The maximum atomic E-state index is 4.32. The average molecular weight is 270 g/mol. The molecule has 1 aliphatic rings. The van der Waals surface area contributed by atoms with Gasteiger partial charge >= 0.3 is 0 Å². The zero-order valence-electron chi connectivity index (χ0n) is 12.0. The molecule has 0 spiro atoms. The lowest BCUT2D eigenvalue weighted by molar-refractivity contribution is 0.489. The first kappa shape index (κ1) is 13.3. The van der Waals surface area contributed by atoms with E-state index < -0.39 is 0 Å². The third kappa shape index (κ3) is 3.07. The molecule has 1 atom stereocenters. The van der Waals surface area contributed by atoms with Crippen molar-refractivity contribution in [2.24, 2.45) is 7.05 Å². The maximum Gasteiger partial charge on any atom is 0.151 e. The molecule has 0 saturated carbocycles. The molecule has 0 saturated heterocycles. The Hall–Kier alpha value is -1.68. The van der Waals surface area contributed by atoms with E-state index >= 15 is 0 Å². The zero-order chi connectivity index (χ0) is 13.8. The highest BCUT2D eigenvalue weighted by molar-refractivity contribution is 5.31. The molecule has 1 aliphatic carbocycles. The van der Waals surface area contributed by atoms with Crippen LogP contribution in [-0.2, 0) is 19.9 Å². The van der Waals surface area contributed by atoms with Gasteiger partial charge in [-0.15, -0.1) is 0 Å². The molecule has 106 valence electrons. The van der Waals surface area contributed by atoms with Crippen LogP contribution in [0.3, 0.4) is 0 Å². The van der Waals surface area contributed by atoms with Crippen molar-refractivity contribution in [2.45, 2.75) is 38.1 Å². The van der Waals surface area contributed by atoms with Gasteiger partial charge in [-0.3, -0.25) is 4.68 Å². The van der Waals surface area contributed by atoms with Gasteiger partial charge in [-0.05, 0) is 30.4 Å². The molecular weight excluding hydrogens is 248 g/mol. The number of aryl methyl sites for hydroxylation is 2. The van der Waals surface area contributed by atoms with E-state index in [1.807, 2.05) is 7.05 Å². The SMILES string of the molecule is Cn1cnc(CCNC2CCCCc3ccccc32)n1. The lowest BCUT2D eigenvalue weighted by Gasteiger charge is -2.19. The molecule has 1 aromatic heterocycles. The van der Waals surface area contributed by atoms with Crippen LogP contribution in [0.5, 0.6) is 0 Å². The summed E-state index contributed by atoms with van der Waals surface area (Å²) in [6, 6.07) is 9.34. The number of hydrogen-bond acceptors (Lipinski definition) is 3. The standard InChI is InChI=1S/C16H22N4/c1-20-12-18-16(19-20)10-11-17-15-9-5-3-7-13-6-2-4-8-14(13)15/h2,4,6,8,12,15,17H,3,5,7,9-11H2,1H3. The normalized spacial score (nSPS) is 18.6. The number of rotatable bonds is 4. The summed E-state index contributed by atoms with van der Waals surface area (Å²) < 4.78 is 1.76. The molecular formula is C16H22N4. The van der Waals surface area contributed by atoms with Crippen LogP contribution in [0.1, 0.15) is 42.3 Å². The van der Waals surface area contributed by atoms with E-state index in [0.717, 1.165) is 18.8 Å². The molecule has 4 nitrogen and oxygen atoms in total. The largest absolute Gasteiger partial charge is 0.309 e. The van der Waals surface area contributed by atoms with Crippen LogP contribution in [0.15, 0.2) is 30.6 Å². The number of aromatic nitrogens is 3. The van der Waals surface area contributed by atoms with Crippen LogP contribution in [0, 0.1) is 0 Å². The summed E-state index contributed by atoms with van der Waals surface area (Å²) in [5.74, 6) is 0.918. The second-order valence-electron chi connectivity index (χ2n) is 5.54. The monoisotopic (exact) mass is 270 g/mol. The molecule has 0 aliphatic heterocycles. The second-order valence-corrected chi connectivity index (χ2v) is 5.54. The first-order chi connectivity index (χ1) is 9.83. The van der Waals surface area contributed by atoms with Gasteiger partial charge < -0.3 is 5.32 Å². The smallest absolute Gasteiger partial charge is 0.151 e. The molecule has 4 heteroatoms. The summed E-state index contributed by atoms with van der Waals surface area (Å²) in [4.78, 5) is 4.27. The molecule has 0 bridgehead atoms. The van der Waals surface area contributed by atoms with Crippen molar-refractivity contribution in [3.8, 4) is 0 Å². The van der Waals surface area contributed by atoms with Gasteiger partial charge in [0, 0.05) is 26.1 Å². The van der Waals surface area contributed by atoms with Crippen LogP contribution in [0.2, 0.25) is 0 Å². The Labute approximate surface area is 120 Å². The summed E-state index contributed by atoms with van der Waals surface area (Å²) in [6.45, 7) is 0.934. The molecule has 1 unspecified atom stereocenters.